The van der Waals surface area contributed by atoms with Gasteiger partial charge >= 0.3 is 0 Å². The average molecular weight is 276 g/mol. The van der Waals surface area contributed by atoms with Crippen molar-refractivity contribution in [2.45, 2.75) is 11.9 Å². The van der Waals surface area contributed by atoms with Gasteiger partial charge in [-0.1, -0.05) is 0 Å². The van der Waals surface area contributed by atoms with Crippen LogP contribution in [-0.2, 0) is 21.8 Å². The van der Waals surface area contributed by atoms with Gasteiger partial charge in [-0.3, -0.25) is 0 Å². The van der Waals surface area contributed by atoms with Crippen LogP contribution in [0.15, 0.2) is 11.2 Å². The highest BCUT2D eigenvalue weighted by atomic mass is 32.2. The van der Waals surface area contributed by atoms with Crippen LogP contribution in [0.5, 0.6) is 0 Å². The molecular formula is C10H20N4O3S. The molecule has 0 bridgehead atoms. The van der Waals surface area contributed by atoms with E-state index in [4.69, 9.17) is 10.5 Å². The Morgan fingerprint density at radius 2 is 2.17 bits per heavy atom. The summed E-state index contributed by atoms with van der Waals surface area (Å²) in [6.45, 7) is 2.86. The SMILES string of the molecule is COCCN(CCN)S(=O)(=O)c1cn(C)c(C)n1. The summed E-state index contributed by atoms with van der Waals surface area (Å²) in [5, 5.41) is 0.0482. The van der Waals surface area contributed by atoms with Crippen molar-refractivity contribution < 1.29 is 13.2 Å². The molecule has 104 valence electrons. The highest BCUT2D eigenvalue weighted by Crippen LogP contribution is 2.14. The lowest BCUT2D eigenvalue weighted by Gasteiger charge is -2.19. The number of hydrogen-bond donors (Lipinski definition) is 1. The topological polar surface area (TPSA) is 90.5 Å². The molecule has 1 rings (SSSR count). The Hall–Kier alpha value is -0.960. The number of imidazole rings is 1. The van der Waals surface area contributed by atoms with Crippen molar-refractivity contribution in [1.82, 2.24) is 13.9 Å². The zero-order valence-electron chi connectivity index (χ0n) is 11.0. The van der Waals surface area contributed by atoms with Gasteiger partial charge in [0.15, 0.2) is 5.03 Å². The number of methoxy groups -OCH3 is 1. The number of aromatic nitrogens is 2. The molecule has 0 spiro atoms. The Kier molecular flexibility index (Phi) is 5.27. The van der Waals surface area contributed by atoms with Gasteiger partial charge in [-0.05, 0) is 6.92 Å². The van der Waals surface area contributed by atoms with Gasteiger partial charge < -0.3 is 15.0 Å². The van der Waals surface area contributed by atoms with Crippen LogP contribution in [0.4, 0.5) is 0 Å². The molecule has 0 saturated heterocycles. The van der Waals surface area contributed by atoms with Gasteiger partial charge in [-0.15, -0.1) is 0 Å². The van der Waals surface area contributed by atoms with E-state index in [-0.39, 0.29) is 24.7 Å². The lowest BCUT2D eigenvalue weighted by atomic mass is 10.6. The number of ether oxygens (including phenoxy) is 1. The molecule has 1 aromatic heterocycles. The molecule has 0 atom stereocenters. The Morgan fingerprint density at radius 3 is 2.61 bits per heavy atom. The van der Waals surface area contributed by atoms with Crippen molar-refractivity contribution in [3.05, 3.63) is 12.0 Å². The zero-order chi connectivity index (χ0) is 13.8. The van der Waals surface area contributed by atoms with Crippen molar-refractivity contribution in [3.8, 4) is 0 Å². The van der Waals surface area contributed by atoms with Gasteiger partial charge in [0.1, 0.15) is 5.82 Å². The first kappa shape index (κ1) is 15.1. The quantitative estimate of drug-likeness (QED) is 0.713. The molecule has 1 heterocycles. The van der Waals surface area contributed by atoms with E-state index in [0.29, 0.717) is 12.4 Å². The first-order valence-electron chi connectivity index (χ1n) is 5.62. The number of sulfonamides is 1. The summed E-state index contributed by atoms with van der Waals surface area (Å²) in [6.07, 6.45) is 1.50. The van der Waals surface area contributed by atoms with Gasteiger partial charge in [0, 0.05) is 40.0 Å². The molecule has 0 aromatic carbocycles. The number of hydrogen-bond acceptors (Lipinski definition) is 5. The maximum Gasteiger partial charge on any atom is 0.262 e. The molecule has 18 heavy (non-hydrogen) atoms. The van der Waals surface area contributed by atoms with Gasteiger partial charge in [0.25, 0.3) is 10.0 Å². The molecule has 0 saturated carbocycles. The number of nitrogens with two attached hydrogens (primary N) is 1. The van der Waals surface area contributed by atoms with E-state index in [0.717, 1.165) is 0 Å². The molecule has 0 aliphatic carbocycles. The largest absolute Gasteiger partial charge is 0.383 e. The van der Waals surface area contributed by atoms with Gasteiger partial charge in [-0.25, -0.2) is 13.4 Å². The van der Waals surface area contributed by atoms with Crippen LogP contribution in [0.3, 0.4) is 0 Å². The third-order valence-electron chi connectivity index (χ3n) is 2.61. The van der Waals surface area contributed by atoms with Crippen LogP contribution < -0.4 is 5.73 Å². The molecule has 1 aromatic rings. The van der Waals surface area contributed by atoms with Crippen LogP contribution >= 0.6 is 0 Å². The lowest BCUT2D eigenvalue weighted by molar-refractivity contribution is 0.179. The molecule has 0 aliphatic rings. The average Bonchev–Trinajstić information content (AvgIpc) is 2.65. The molecule has 7 nitrogen and oxygen atoms in total. The Bertz CT molecular complexity index is 464. The van der Waals surface area contributed by atoms with Crippen molar-refractivity contribution in [2.24, 2.45) is 12.8 Å². The second-order valence-corrected chi connectivity index (χ2v) is 5.81. The van der Waals surface area contributed by atoms with E-state index in [1.165, 1.54) is 17.6 Å². The summed E-state index contributed by atoms with van der Waals surface area (Å²) in [4.78, 5) is 4.04. The van der Waals surface area contributed by atoms with Crippen molar-refractivity contribution in [1.29, 1.82) is 0 Å². The van der Waals surface area contributed by atoms with Crippen molar-refractivity contribution in [2.75, 3.05) is 33.4 Å². The van der Waals surface area contributed by atoms with Crippen LogP contribution in [0, 0.1) is 6.92 Å². The van der Waals surface area contributed by atoms with E-state index < -0.39 is 10.0 Å². The minimum Gasteiger partial charge on any atom is -0.383 e. The maximum atomic E-state index is 12.3. The monoisotopic (exact) mass is 276 g/mol. The Labute approximate surface area is 108 Å². The van der Waals surface area contributed by atoms with Crippen LogP contribution in [-0.4, -0.2) is 55.6 Å². The first-order valence-corrected chi connectivity index (χ1v) is 7.06. The molecule has 2 N–H and O–H groups in total. The highest BCUT2D eigenvalue weighted by Gasteiger charge is 2.26. The van der Waals surface area contributed by atoms with E-state index in [1.807, 2.05) is 0 Å². The van der Waals surface area contributed by atoms with Gasteiger partial charge in [0.2, 0.25) is 0 Å². The van der Waals surface area contributed by atoms with Crippen molar-refractivity contribution in [3.63, 3.8) is 0 Å². The summed E-state index contributed by atoms with van der Waals surface area (Å²) >= 11 is 0. The zero-order valence-corrected chi connectivity index (χ0v) is 11.8. The standard InChI is InChI=1S/C10H20N4O3S/c1-9-12-10(8-13(9)2)18(15,16)14(5-4-11)6-7-17-3/h8H,4-7,11H2,1-3H3. The van der Waals surface area contributed by atoms with E-state index in [9.17, 15) is 8.42 Å². The minimum absolute atomic E-state index is 0.0482. The van der Waals surface area contributed by atoms with Gasteiger partial charge in [0.05, 0.1) is 6.61 Å². The summed E-state index contributed by atoms with van der Waals surface area (Å²) in [5.74, 6) is 0.646. The van der Waals surface area contributed by atoms with E-state index >= 15 is 0 Å². The third kappa shape index (κ3) is 3.29. The van der Waals surface area contributed by atoms with Crippen molar-refractivity contribution >= 4 is 10.0 Å². The molecule has 0 amide bonds. The van der Waals surface area contributed by atoms with E-state index in [2.05, 4.69) is 4.98 Å². The molecule has 0 aliphatic heterocycles. The van der Waals surface area contributed by atoms with Gasteiger partial charge in [-0.2, -0.15) is 4.31 Å². The fourth-order valence-electron chi connectivity index (χ4n) is 1.47. The molecule has 0 radical (unpaired) electrons. The predicted octanol–water partition coefficient (Wildman–Crippen LogP) is -0.676. The smallest absolute Gasteiger partial charge is 0.262 e. The second-order valence-electron chi connectivity index (χ2n) is 3.92. The van der Waals surface area contributed by atoms with Crippen LogP contribution in [0.2, 0.25) is 0 Å². The predicted molar refractivity (Wildman–Crippen MR) is 67.6 cm³/mol. The normalized spacial score (nSPS) is 12.3. The maximum absolute atomic E-state index is 12.3. The third-order valence-corrected chi connectivity index (χ3v) is 4.38. The number of rotatable bonds is 7. The summed E-state index contributed by atoms with van der Waals surface area (Å²) < 4.78 is 32.5. The fourth-order valence-corrected chi connectivity index (χ4v) is 2.94. The Morgan fingerprint density at radius 1 is 1.50 bits per heavy atom. The molecule has 0 fully saturated rings. The second kappa shape index (κ2) is 6.28. The number of aryl methyl sites for hydroxylation is 2. The molecular weight excluding hydrogens is 256 g/mol. The lowest BCUT2D eigenvalue weighted by Crippen LogP contribution is -2.37. The minimum atomic E-state index is -3.60. The highest BCUT2D eigenvalue weighted by molar-refractivity contribution is 7.89. The summed E-state index contributed by atoms with van der Waals surface area (Å²) in [6, 6.07) is 0. The summed E-state index contributed by atoms with van der Waals surface area (Å²) in [5.41, 5.74) is 5.44. The molecule has 8 heteroatoms. The Balaban J connectivity index is 3.00. The fraction of sp³-hybridized carbons (Fsp3) is 0.700. The summed E-state index contributed by atoms with van der Waals surface area (Å²) in [7, 11) is -0.316. The first-order chi connectivity index (χ1) is 8.43. The van der Waals surface area contributed by atoms with Crippen LogP contribution in [0.25, 0.3) is 0 Å². The molecule has 0 unspecified atom stereocenters. The van der Waals surface area contributed by atoms with E-state index in [1.54, 1.807) is 18.5 Å². The van der Waals surface area contributed by atoms with Crippen LogP contribution in [0.1, 0.15) is 5.82 Å². The number of nitrogens with zero attached hydrogens (tertiary/aromatic N) is 3.